The van der Waals surface area contributed by atoms with Crippen molar-refractivity contribution in [3.8, 4) is 0 Å². The van der Waals surface area contributed by atoms with Crippen LogP contribution in [0.3, 0.4) is 0 Å². The minimum Gasteiger partial charge on any atom is -0.355 e. The molecule has 1 atom stereocenters. The molecule has 0 saturated carbocycles. The Bertz CT molecular complexity index is 967. The fourth-order valence-corrected chi connectivity index (χ4v) is 4.92. The predicted molar refractivity (Wildman–Crippen MR) is 119 cm³/mol. The van der Waals surface area contributed by atoms with E-state index in [0.29, 0.717) is 42.2 Å². The lowest BCUT2D eigenvalue weighted by molar-refractivity contribution is -0.123. The zero-order valence-corrected chi connectivity index (χ0v) is 18.8. The molecule has 0 radical (unpaired) electrons. The van der Waals surface area contributed by atoms with Crippen molar-refractivity contribution in [2.75, 3.05) is 26.2 Å². The summed E-state index contributed by atoms with van der Waals surface area (Å²) in [4.78, 5) is 45.3. The van der Waals surface area contributed by atoms with Gasteiger partial charge in [-0.15, -0.1) is 11.3 Å². The Morgan fingerprint density at radius 3 is 2.83 bits per heavy atom. The normalized spacial score (nSPS) is 16.8. The van der Waals surface area contributed by atoms with Crippen molar-refractivity contribution >= 4 is 33.4 Å². The summed E-state index contributed by atoms with van der Waals surface area (Å²) in [5, 5.41) is 6.38. The molecule has 1 saturated heterocycles. The number of nitrogens with zero attached hydrogens (tertiary/aromatic N) is 3. The van der Waals surface area contributed by atoms with Gasteiger partial charge in [-0.1, -0.05) is 6.92 Å². The Hall–Kier alpha value is -2.26. The van der Waals surface area contributed by atoms with E-state index in [9.17, 15) is 14.4 Å². The first-order valence-electron chi connectivity index (χ1n) is 10.6. The smallest absolute Gasteiger partial charge is 0.262 e. The van der Waals surface area contributed by atoms with E-state index in [4.69, 9.17) is 0 Å². The van der Waals surface area contributed by atoms with Crippen molar-refractivity contribution in [3.05, 3.63) is 27.1 Å². The Balaban J connectivity index is 1.39. The SMILES string of the molecule is CCN1CCC[C@@H]1CNC(=O)CCCNC(=O)Cn1cnc2sc(C)c(C)c2c1=O. The minimum atomic E-state index is -0.257. The number of amides is 2. The van der Waals surface area contributed by atoms with Crippen molar-refractivity contribution in [1.29, 1.82) is 0 Å². The molecule has 0 aromatic carbocycles. The molecule has 1 aliphatic rings. The van der Waals surface area contributed by atoms with Gasteiger partial charge in [0.1, 0.15) is 11.4 Å². The first-order chi connectivity index (χ1) is 14.4. The Kier molecular flexibility index (Phi) is 7.60. The highest BCUT2D eigenvalue weighted by Gasteiger charge is 2.23. The molecule has 3 rings (SSSR count). The van der Waals surface area contributed by atoms with Crippen molar-refractivity contribution in [3.63, 3.8) is 0 Å². The number of likely N-dealkylation sites (N-methyl/N-ethyl adjacent to an activating group) is 1. The average molecular weight is 434 g/mol. The number of thiophene rings is 1. The highest BCUT2D eigenvalue weighted by Crippen LogP contribution is 2.25. The number of hydrogen-bond donors (Lipinski definition) is 2. The molecule has 2 N–H and O–H groups in total. The van der Waals surface area contributed by atoms with E-state index < -0.39 is 0 Å². The van der Waals surface area contributed by atoms with Crippen LogP contribution in [-0.2, 0) is 16.1 Å². The molecule has 8 nitrogen and oxygen atoms in total. The third kappa shape index (κ3) is 5.26. The zero-order valence-electron chi connectivity index (χ0n) is 18.0. The topological polar surface area (TPSA) is 96.3 Å². The summed E-state index contributed by atoms with van der Waals surface area (Å²) in [5.41, 5.74) is 0.734. The summed E-state index contributed by atoms with van der Waals surface area (Å²) in [6.07, 6.45) is 4.69. The molecule has 1 fully saturated rings. The van der Waals surface area contributed by atoms with Gasteiger partial charge in [0.2, 0.25) is 11.8 Å². The van der Waals surface area contributed by atoms with Gasteiger partial charge >= 0.3 is 0 Å². The lowest BCUT2D eigenvalue weighted by atomic mass is 10.2. The molecule has 1 aliphatic heterocycles. The molecular weight excluding hydrogens is 402 g/mol. The molecule has 0 unspecified atom stereocenters. The van der Waals surface area contributed by atoms with E-state index in [1.807, 2.05) is 13.8 Å². The van der Waals surface area contributed by atoms with Crippen molar-refractivity contribution in [2.45, 2.75) is 59.0 Å². The standard InChI is InChI=1S/C21H31N5O3S/c1-4-25-10-6-7-16(25)11-23-17(27)8-5-9-22-18(28)12-26-13-24-20-19(21(26)29)14(2)15(3)30-20/h13,16H,4-12H2,1-3H3,(H,22,28)(H,23,27)/t16-/m1/s1. The van der Waals surface area contributed by atoms with Crippen LogP contribution in [0.15, 0.2) is 11.1 Å². The van der Waals surface area contributed by atoms with Gasteiger partial charge in [0.15, 0.2) is 0 Å². The summed E-state index contributed by atoms with van der Waals surface area (Å²) < 4.78 is 1.34. The second-order valence-corrected chi connectivity index (χ2v) is 9.03. The molecule has 2 amide bonds. The van der Waals surface area contributed by atoms with Crippen LogP contribution in [0, 0.1) is 13.8 Å². The van der Waals surface area contributed by atoms with Crippen molar-refractivity contribution in [2.24, 2.45) is 0 Å². The van der Waals surface area contributed by atoms with Crippen molar-refractivity contribution in [1.82, 2.24) is 25.1 Å². The highest BCUT2D eigenvalue weighted by molar-refractivity contribution is 7.18. The zero-order chi connectivity index (χ0) is 21.7. The summed E-state index contributed by atoms with van der Waals surface area (Å²) in [5.74, 6) is -0.241. The molecule has 3 heterocycles. The van der Waals surface area contributed by atoms with Crippen LogP contribution in [0.2, 0.25) is 0 Å². The fourth-order valence-electron chi connectivity index (χ4n) is 3.93. The number of carbonyl (C=O) groups is 2. The van der Waals surface area contributed by atoms with Gasteiger partial charge in [-0.2, -0.15) is 0 Å². The number of hydrogen-bond acceptors (Lipinski definition) is 6. The second kappa shape index (κ2) is 10.2. The van der Waals surface area contributed by atoms with Gasteiger partial charge in [0.25, 0.3) is 5.56 Å². The van der Waals surface area contributed by atoms with Gasteiger partial charge in [-0.3, -0.25) is 23.9 Å². The van der Waals surface area contributed by atoms with Crippen LogP contribution in [0.4, 0.5) is 0 Å². The highest BCUT2D eigenvalue weighted by atomic mass is 32.1. The van der Waals surface area contributed by atoms with Crippen LogP contribution >= 0.6 is 11.3 Å². The first-order valence-corrected chi connectivity index (χ1v) is 11.4. The second-order valence-electron chi connectivity index (χ2n) is 7.82. The Morgan fingerprint density at radius 1 is 1.27 bits per heavy atom. The summed E-state index contributed by atoms with van der Waals surface area (Å²) >= 11 is 1.49. The molecule has 2 aromatic rings. The maximum atomic E-state index is 12.6. The first kappa shape index (κ1) is 22.4. The molecule has 30 heavy (non-hydrogen) atoms. The summed E-state index contributed by atoms with van der Waals surface area (Å²) in [7, 11) is 0. The fraction of sp³-hybridized carbons (Fsp3) is 0.619. The number of fused-ring (bicyclic) bond motifs is 1. The lowest BCUT2D eigenvalue weighted by Crippen LogP contribution is -2.40. The largest absolute Gasteiger partial charge is 0.355 e. The molecular formula is C21H31N5O3S. The summed E-state index contributed by atoms with van der Waals surface area (Å²) in [6.45, 7) is 9.16. The number of likely N-dealkylation sites (tertiary alicyclic amines) is 1. The van der Waals surface area contributed by atoms with Crippen LogP contribution in [0.25, 0.3) is 10.2 Å². The van der Waals surface area contributed by atoms with Gasteiger partial charge < -0.3 is 10.6 Å². The number of nitrogens with one attached hydrogen (secondary N) is 2. The number of aryl methyl sites for hydroxylation is 2. The monoisotopic (exact) mass is 433 g/mol. The quantitative estimate of drug-likeness (QED) is 0.585. The van der Waals surface area contributed by atoms with Gasteiger partial charge in [-0.25, -0.2) is 4.98 Å². The third-order valence-electron chi connectivity index (χ3n) is 5.81. The molecule has 164 valence electrons. The van der Waals surface area contributed by atoms with Gasteiger partial charge in [-0.05, 0) is 51.8 Å². The molecule has 9 heteroatoms. The predicted octanol–water partition coefficient (Wildman–Crippen LogP) is 1.57. The van der Waals surface area contributed by atoms with E-state index in [1.165, 1.54) is 28.7 Å². The lowest BCUT2D eigenvalue weighted by Gasteiger charge is -2.22. The number of aromatic nitrogens is 2. The minimum absolute atomic E-state index is 0.0152. The Morgan fingerprint density at radius 2 is 2.07 bits per heavy atom. The molecule has 0 aliphatic carbocycles. The van der Waals surface area contributed by atoms with Crippen LogP contribution in [-0.4, -0.2) is 58.5 Å². The van der Waals surface area contributed by atoms with E-state index in [0.717, 1.165) is 30.0 Å². The number of carbonyl (C=O) groups excluding carboxylic acids is 2. The van der Waals surface area contributed by atoms with Crippen LogP contribution < -0.4 is 16.2 Å². The van der Waals surface area contributed by atoms with Gasteiger partial charge in [0, 0.05) is 30.4 Å². The van der Waals surface area contributed by atoms with E-state index in [-0.39, 0.29) is 23.9 Å². The van der Waals surface area contributed by atoms with Crippen LogP contribution in [0.5, 0.6) is 0 Å². The third-order valence-corrected chi connectivity index (χ3v) is 6.93. The van der Waals surface area contributed by atoms with Crippen LogP contribution in [0.1, 0.15) is 43.0 Å². The van der Waals surface area contributed by atoms with E-state index in [1.54, 1.807) is 0 Å². The Labute approximate surface area is 180 Å². The molecule has 2 aromatic heterocycles. The molecule has 0 bridgehead atoms. The maximum Gasteiger partial charge on any atom is 0.262 e. The average Bonchev–Trinajstić information content (AvgIpc) is 3.30. The van der Waals surface area contributed by atoms with E-state index >= 15 is 0 Å². The molecule has 0 spiro atoms. The summed E-state index contributed by atoms with van der Waals surface area (Å²) in [6, 6.07) is 0.443. The van der Waals surface area contributed by atoms with E-state index in [2.05, 4.69) is 27.4 Å². The van der Waals surface area contributed by atoms with Crippen molar-refractivity contribution < 1.29 is 9.59 Å². The number of rotatable bonds is 9. The maximum absolute atomic E-state index is 12.6. The van der Waals surface area contributed by atoms with Gasteiger partial charge in [0.05, 0.1) is 11.7 Å².